The summed E-state index contributed by atoms with van der Waals surface area (Å²) in [4.78, 5) is 28.4. The molecule has 1 fully saturated rings. The van der Waals surface area contributed by atoms with Gasteiger partial charge in [-0.1, -0.05) is 6.08 Å². The van der Waals surface area contributed by atoms with Gasteiger partial charge < -0.3 is 9.80 Å². The van der Waals surface area contributed by atoms with Gasteiger partial charge >= 0.3 is 0 Å². The van der Waals surface area contributed by atoms with E-state index in [2.05, 4.69) is 0 Å². The van der Waals surface area contributed by atoms with Crippen LogP contribution in [0, 0.1) is 0 Å². The number of piperidine rings is 1. The summed E-state index contributed by atoms with van der Waals surface area (Å²) in [6, 6.07) is 7.08. The first kappa shape index (κ1) is 14.8. The fraction of sp³-hybridized carbons (Fsp3) is 0.444. The van der Waals surface area contributed by atoms with E-state index in [9.17, 15) is 9.59 Å². The van der Waals surface area contributed by atoms with E-state index in [0.717, 1.165) is 45.3 Å². The monoisotopic (exact) mass is 298 g/mol. The van der Waals surface area contributed by atoms with Crippen molar-refractivity contribution in [3.8, 4) is 0 Å². The van der Waals surface area contributed by atoms with Crippen molar-refractivity contribution in [3.05, 3.63) is 47.7 Å². The van der Waals surface area contributed by atoms with Crippen molar-refractivity contribution in [2.75, 3.05) is 19.6 Å². The average Bonchev–Trinajstić information content (AvgIpc) is 2.62. The molecule has 1 aromatic carbocycles. The smallest absolute Gasteiger partial charge is 0.257 e. The highest BCUT2D eigenvalue weighted by molar-refractivity contribution is 5.98. The fourth-order valence-electron chi connectivity index (χ4n) is 3.03. The molecule has 1 aromatic rings. The van der Waals surface area contributed by atoms with Gasteiger partial charge in [0.15, 0.2) is 0 Å². The molecule has 0 radical (unpaired) electrons. The molecule has 2 aliphatic heterocycles. The van der Waals surface area contributed by atoms with Crippen LogP contribution in [-0.2, 0) is 0 Å². The van der Waals surface area contributed by atoms with Crippen LogP contribution < -0.4 is 0 Å². The minimum atomic E-state index is 0.00733. The Hall–Kier alpha value is -2.10. The maximum absolute atomic E-state index is 12.4. The molecule has 0 saturated carbocycles. The Labute approximate surface area is 131 Å². The molecular formula is C18H22N2O2. The molecular weight excluding hydrogens is 276 g/mol. The summed E-state index contributed by atoms with van der Waals surface area (Å²) in [6.07, 6.45) is 9.31. The molecule has 2 heterocycles. The first-order valence-electron chi connectivity index (χ1n) is 8.13. The summed E-state index contributed by atoms with van der Waals surface area (Å²) in [7, 11) is 0. The van der Waals surface area contributed by atoms with E-state index in [-0.39, 0.29) is 11.8 Å². The molecule has 2 aliphatic rings. The van der Waals surface area contributed by atoms with Gasteiger partial charge in [-0.15, -0.1) is 0 Å². The van der Waals surface area contributed by atoms with Crippen molar-refractivity contribution in [1.82, 2.24) is 9.80 Å². The fourth-order valence-corrected chi connectivity index (χ4v) is 3.03. The summed E-state index contributed by atoms with van der Waals surface area (Å²) in [5, 5.41) is 0. The minimum absolute atomic E-state index is 0.00733. The predicted molar refractivity (Wildman–Crippen MR) is 85.6 cm³/mol. The van der Waals surface area contributed by atoms with Gasteiger partial charge in [0.2, 0.25) is 0 Å². The van der Waals surface area contributed by atoms with Crippen molar-refractivity contribution in [2.45, 2.75) is 32.1 Å². The normalized spacial score (nSPS) is 18.4. The third-order valence-electron chi connectivity index (χ3n) is 4.34. The van der Waals surface area contributed by atoms with E-state index in [0.29, 0.717) is 11.1 Å². The van der Waals surface area contributed by atoms with Gasteiger partial charge in [-0.05, 0) is 56.4 Å². The first-order chi connectivity index (χ1) is 10.8. The Morgan fingerprint density at radius 3 is 2.00 bits per heavy atom. The topological polar surface area (TPSA) is 40.6 Å². The van der Waals surface area contributed by atoms with Gasteiger partial charge in [-0.25, -0.2) is 0 Å². The van der Waals surface area contributed by atoms with Crippen molar-refractivity contribution >= 4 is 11.8 Å². The number of allylic oxidation sites excluding steroid dienone is 1. The van der Waals surface area contributed by atoms with E-state index in [1.54, 1.807) is 29.2 Å². The Bertz CT molecular complexity index is 571. The lowest BCUT2D eigenvalue weighted by Gasteiger charge is -2.26. The zero-order valence-corrected chi connectivity index (χ0v) is 12.8. The number of benzene rings is 1. The van der Waals surface area contributed by atoms with Crippen LogP contribution >= 0.6 is 0 Å². The van der Waals surface area contributed by atoms with E-state index in [1.165, 1.54) is 6.42 Å². The summed E-state index contributed by atoms with van der Waals surface area (Å²) in [5.41, 5.74) is 1.31. The molecule has 1 saturated heterocycles. The maximum Gasteiger partial charge on any atom is 0.257 e. The number of nitrogens with zero attached hydrogens (tertiary/aromatic N) is 2. The van der Waals surface area contributed by atoms with Crippen molar-refractivity contribution in [2.24, 2.45) is 0 Å². The van der Waals surface area contributed by atoms with E-state index >= 15 is 0 Å². The second-order valence-electron chi connectivity index (χ2n) is 5.96. The molecule has 0 spiro atoms. The molecule has 4 nitrogen and oxygen atoms in total. The van der Waals surface area contributed by atoms with Crippen LogP contribution in [0.4, 0.5) is 0 Å². The number of carbonyl (C=O) groups excluding carboxylic acids is 2. The molecule has 3 rings (SSSR count). The second-order valence-corrected chi connectivity index (χ2v) is 5.96. The van der Waals surface area contributed by atoms with E-state index in [1.807, 2.05) is 17.2 Å². The second kappa shape index (κ2) is 6.77. The highest BCUT2D eigenvalue weighted by atomic mass is 16.2. The molecule has 0 atom stereocenters. The number of amides is 2. The van der Waals surface area contributed by atoms with E-state index < -0.39 is 0 Å². The first-order valence-corrected chi connectivity index (χ1v) is 8.13. The molecule has 0 N–H and O–H groups in total. The maximum atomic E-state index is 12.4. The van der Waals surface area contributed by atoms with Gasteiger partial charge in [0, 0.05) is 37.0 Å². The van der Waals surface area contributed by atoms with Crippen LogP contribution in [-0.4, -0.2) is 41.2 Å². The minimum Gasteiger partial charge on any atom is -0.339 e. The summed E-state index contributed by atoms with van der Waals surface area (Å²) >= 11 is 0. The summed E-state index contributed by atoms with van der Waals surface area (Å²) in [5.74, 6) is 0.0875. The lowest BCUT2D eigenvalue weighted by atomic mass is 10.1. The molecule has 0 unspecified atom stereocenters. The third kappa shape index (κ3) is 3.21. The number of hydrogen-bond donors (Lipinski definition) is 0. The zero-order chi connectivity index (χ0) is 15.4. The largest absolute Gasteiger partial charge is 0.339 e. The Kier molecular flexibility index (Phi) is 4.56. The van der Waals surface area contributed by atoms with Crippen LogP contribution in [0.15, 0.2) is 36.5 Å². The molecule has 0 bridgehead atoms. The number of rotatable bonds is 2. The third-order valence-corrected chi connectivity index (χ3v) is 4.34. The van der Waals surface area contributed by atoms with Crippen molar-refractivity contribution in [1.29, 1.82) is 0 Å². The zero-order valence-electron chi connectivity index (χ0n) is 12.8. The molecule has 116 valence electrons. The van der Waals surface area contributed by atoms with Gasteiger partial charge in [-0.2, -0.15) is 0 Å². The number of likely N-dealkylation sites (tertiary alicyclic amines) is 1. The molecule has 0 aliphatic carbocycles. The van der Waals surface area contributed by atoms with Crippen LogP contribution in [0.5, 0.6) is 0 Å². The Morgan fingerprint density at radius 2 is 1.41 bits per heavy atom. The highest BCUT2D eigenvalue weighted by Gasteiger charge is 2.19. The quantitative estimate of drug-likeness (QED) is 0.842. The van der Waals surface area contributed by atoms with Gasteiger partial charge in [-0.3, -0.25) is 9.59 Å². The molecule has 4 heteroatoms. The average molecular weight is 298 g/mol. The van der Waals surface area contributed by atoms with E-state index in [4.69, 9.17) is 0 Å². The SMILES string of the molecule is O=C(c1ccc(C(=O)N2CCCCC2)cc1)N1C=CCCC1. The summed E-state index contributed by atoms with van der Waals surface area (Å²) in [6.45, 7) is 2.46. The van der Waals surface area contributed by atoms with Gasteiger partial charge in [0.1, 0.15) is 0 Å². The Morgan fingerprint density at radius 1 is 0.773 bits per heavy atom. The van der Waals surface area contributed by atoms with Gasteiger partial charge in [0.05, 0.1) is 0 Å². The summed E-state index contributed by atoms with van der Waals surface area (Å²) < 4.78 is 0. The lowest BCUT2D eigenvalue weighted by Crippen LogP contribution is -2.35. The van der Waals surface area contributed by atoms with Gasteiger partial charge in [0.25, 0.3) is 11.8 Å². The highest BCUT2D eigenvalue weighted by Crippen LogP contribution is 2.16. The predicted octanol–water partition coefficient (Wildman–Crippen LogP) is 3.06. The Balaban J connectivity index is 1.69. The standard InChI is InChI=1S/C18H22N2O2/c21-17(19-11-3-1-4-12-19)15-7-9-16(10-8-15)18(22)20-13-5-2-6-14-20/h3,7-11H,1-2,4-6,12-14H2. The number of hydrogen-bond acceptors (Lipinski definition) is 2. The number of carbonyl (C=O) groups is 2. The molecule has 0 aromatic heterocycles. The van der Waals surface area contributed by atoms with Crippen molar-refractivity contribution < 1.29 is 9.59 Å². The van der Waals surface area contributed by atoms with Crippen LogP contribution in [0.1, 0.15) is 52.8 Å². The van der Waals surface area contributed by atoms with Crippen LogP contribution in [0.2, 0.25) is 0 Å². The molecule has 22 heavy (non-hydrogen) atoms. The lowest BCUT2D eigenvalue weighted by molar-refractivity contribution is 0.0723. The van der Waals surface area contributed by atoms with Crippen molar-refractivity contribution in [3.63, 3.8) is 0 Å². The molecule has 2 amide bonds. The van der Waals surface area contributed by atoms with Crippen LogP contribution in [0.25, 0.3) is 0 Å². The van der Waals surface area contributed by atoms with Crippen LogP contribution in [0.3, 0.4) is 0 Å².